The van der Waals surface area contributed by atoms with Crippen LogP contribution in [0.5, 0.6) is 0 Å². The number of aliphatic hydroxyl groups excluding tert-OH is 3. The first-order valence-electron chi connectivity index (χ1n) is 18.0. The van der Waals surface area contributed by atoms with E-state index >= 15 is 0 Å². The van der Waals surface area contributed by atoms with Gasteiger partial charge in [-0.1, -0.05) is 111 Å². The Hall–Kier alpha value is -2.24. The van der Waals surface area contributed by atoms with Crippen molar-refractivity contribution in [2.45, 2.75) is 144 Å². The van der Waals surface area contributed by atoms with Gasteiger partial charge in [0, 0.05) is 36.0 Å². The van der Waals surface area contributed by atoms with E-state index in [4.69, 9.17) is 19.6 Å². The Balaban J connectivity index is 2.87. The van der Waals surface area contributed by atoms with Crippen molar-refractivity contribution in [3.8, 4) is 0 Å². The first-order valence-corrected chi connectivity index (χ1v) is 20.9. The second kappa shape index (κ2) is 19.4. The molecule has 1 heterocycles. The van der Waals surface area contributed by atoms with E-state index in [0.29, 0.717) is 6.42 Å². The summed E-state index contributed by atoms with van der Waals surface area (Å²) in [7, 11) is -2.13. The molecule has 5 N–H and O–H groups in total. The number of carbonyl (C=O) groups excluding carboxylic acids is 2. The van der Waals surface area contributed by atoms with Gasteiger partial charge in [0.05, 0.1) is 30.3 Å². The third-order valence-electron chi connectivity index (χ3n) is 10.8. The lowest BCUT2D eigenvalue weighted by atomic mass is 9.81. The number of esters is 1. The zero-order chi connectivity index (χ0) is 38.0. The average molecular weight is 708 g/mol. The molecule has 13 atom stereocenters. The van der Waals surface area contributed by atoms with E-state index < -0.39 is 44.9 Å². The molecule has 1 aliphatic heterocycles. The van der Waals surface area contributed by atoms with E-state index in [-0.39, 0.29) is 65.0 Å². The van der Waals surface area contributed by atoms with E-state index in [1.807, 2.05) is 73.6 Å². The molecule has 0 bridgehead atoms. The van der Waals surface area contributed by atoms with Gasteiger partial charge in [-0.05, 0) is 44.3 Å². The van der Waals surface area contributed by atoms with Gasteiger partial charge in [-0.15, -0.1) is 0 Å². The van der Waals surface area contributed by atoms with Crippen molar-refractivity contribution >= 4 is 20.4 Å². The fourth-order valence-electron chi connectivity index (χ4n) is 6.51. The molecule has 0 radical (unpaired) electrons. The number of allylic oxidation sites excluding steroid dienone is 3. The minimum Gasteiger partial charge on any atom is -0.462 e. The monoisotopic (exact) mass is 707 g/mol. The molecular formula is C39H69NO8Si. The number of rotatable bonds is 18. The molecule has 1 rings (SSSR count). The van der Waals surface area contributed by atoms with Crippen LogP contribution in [0.2, 0.25) is 18.1 Å². The molecule has 0 spiro atoms. The Bertz CT molecular complexity index is 1160. The van der Waals surface area contributed by atoms with Gasteiger partial charge >= 0.3 is 12.1 Å². The topological polar surface area (TPSA) is 149 Å². The molecule has 0 aliphatic carbocycles. The minimum atomic E-state index is -2.13. The van der Waals surface area contributed by atoms with Crippen LogP contribution in [0.1, 0.15) is 89.0 Å². The molecule has 1 amide bonds. The molecule has 0 aromatic heterocycles. The molecule has 282 valence electrons. The van der Waals surface area contributed by atoms with Crippen molar-refractivity contribution in [2.24, 2.45) is 47.2 Å². The third-order valence-corrected chi connectivity index (χ3v) is 15.3. The van der Waals surface area contributed by atoms with Crippen molar-refractivity contribution in [1.82, 2.24) is 0 Å². The zero-order valence-corrected chi connectivity index (χ0v) is 33.6. The number of primary amides is 1. The molecule has 9 nitrogen and oxygen atoms in total. The predicted octanol–water partition coefficient (Wildman–Crippen LogP) is 7.33. The highest BCUT2D eigenvalue weighted by Crippen LogP contribution is 2.41. The van der Waals surface area contributed by atoms with Gasteiger partial charge < -0.3 is 35.0 Å². The number of carbonyl (C=O) groups is 2. The lowest BCUT2D eigenvalue weighted by Gasteiger charge is -2.46. The van der Waals surface area contributed by atoms with Crippen molar-refractivity contribution in [1.29, 1.82) is 0 Å². The largest absolute Gasteiger partial charge is 0.462 e. The first kappa shape index (κ1) is 44.8. The molecule has 1 saturated heterocycles. The SMILES string of the molecule is C=C/C=C\[C@H](C)[C@H](OC(N)=O)[C@@H](C)[C@H](O)[C@@H](C)C/C(C)=C\[C@H](C)[C@@H](O)[C@@H](C)/C=C\[C@@H](O)C[C@H]1OC(=O)[C@H](C)[C@@H](O[Si](C)(C)C(C)(C)C)[C@H]1C. The standard InChI is InChI=1S/C39H69NO8Si/c1-15-16-17-25(4)35(47-38(40)45)29(8)34(43)27(6)21-23(2)20-26(5)33(42)24(3)18-19-31(41)22-32-28(7)36(30(9)37(44)46-32)48-49(13,14)39(10,11)12/h15-20,24-36,41-43H,1,21-22H2,2-14H3,(H2,40,45)/b17-16-,19-18-,23-20-/t24-,25-,26-,27-,28-,29-,30+,31+,32+,33-,34+,35-,36-/m0/s1. The van der Waals surface area contributed by atoms with Gasteiger partial charge in [0.1, 0.15) is 12.2 Å². The van der Waals surface area contributed by atoms with Gasteiger partial charge in [0.2, 0.25) is 0 Å². The van der Waals surface area contributed by atoms with E-state index in [0.717, 1.165) is 5.57 Å². The maximum absolute atomic E-state index is 12.8. The van der Waals surface area contributed by atoms with Gasteiger partial charge in [-0.25, -0.2) is 4.79 Å². The maximum atomic E-state index is 12.8. The van der Waals surface area contributed by atoms with E-state index in [1.54, 1.807) is 18.2 Å². The molecule has 1 aliphatic rings. The highest BCUT2D eigenvalue weighted by Gasteiger charge is 2.48. The second-order valence-electron chi connectivity index (χ2n) is 16.3. The molecule has 0 unspecified atom stereocenters. The number of hydrogen-bond acceptors (Lipinski definition) is 8. The van der Waals surface area contributed by atoms with Gasteiger partial charge in [0.15, 0.2) is 8.32 Å². The lowest BCUT2D eigenvalue weighted by molar-refractivity contribution is -0.177. The van der Waals surface area contributed by atoms with Gasteiger partial charge in [0.25, 0.3) is 0 Å². The molecule has 1 fully saturated rings. The molecular weight excluding hydrogens is 639 g/mol. The summed E-state index contributed by atoms with van der Waals surface area (Å²) in [6.07, 6.45) is 7.04. The van der Waals surface area contributed by atoms with E-state index in [9.17, 15) is 24.9 Å². The van der Waals surface area contributed by atoms with Crippen LogP contribution in [0.3, 0.4) is 0 Å². The summed E-state index contributed by atoms with van der Waals surface area (Å²) in [6, 6.07) is 0. The van der Waals surface area contributed by atoms with Crippen LogP contribution in [-0.4, -0.2) is 72.3 Å². The molecule has 10 heteroatoms. The van der Waals surface area contributed by atoms with Crippen molar-refractivity contribution < 1.29 is 38.8 Å². The summed E-state index contributed by atoms with van der Waals surface area (Å²) < 4.78 is 17.8. The minimum absolute atomic E-state index is 0.000437. The Kier molecular flexibility index (Phi) is 17.7. The summed E-state index contributed by atoms with van der Waals surface area (Å²) in [6.45, 7) is 30.0. The number of amides is 1. The number of nitrogens with two attached hydrogens (primary N) is 1. The first-order chi connectivity index (χ1) is 22.4. The van der Waals surface area contributed by atoms with E-state index in [1.165, 1.54) is 0 Å². The van der Waals surface area contributed by atoms with Crippen molar-refractivity contribution in [2.75, 3.05) is 0 Å². The summed E-state index contributed by atoms with van der Waals surface area (Å²) in [5, 5.41) is 33.2. The fraction of sp³-hybridized carbons (Fsp3) is 0.744. The number of hydrogen-bond donors (Lipinski definition) is 4. The fourth-order valence-corrected chi connectivity index (χ4v) is 7.97. The van der Waals surface area contributed by atoms with Crippen LogP contribution >= 0.6 is 0 Å². The summed E-state index contributed by atoms with van der Waals surface area (Å²) in [4.78, 5) is 24.4. The summed E-state index contributed by atoms with van der Waals surface area (Å²) >= 11 is 0. The highest BCUT2D eigenvalue weighted by molar-refractivity contribution is 6.74. The molecule has 0 saturated carbocycles. The number of aliphatic hydroxyl groups is 3. The van der Waals surface area contributed by atoms with Crippen molar-refractivity contribution in [3.05, 3.63) is 48.6 Å². The van der Waals surface area contributed by atoms with Crippen LogP contribution < -0.4 is 5.73 Å². The average Bonchev–Trinajstić information content (AvgIpc) is 3.00. The summed E-state index contributed by atoms with van der Waals surface area (Å²) in [5.74, 6) is -1.90. The van der Waals surface area contributed by atoms with Crippen molar-refractivity contribution in [3.63, 3.8) is 0 Å². The smallest absolute Gasteiger partial charge is 0.404 e. The van der Waals surface area contributed by atoms with Crippen LogP contribution in [0.25, 0.3) is 0 Å². The maximum Gasteiger partial charge on any atom is 0.404 e. The second-order valence-corrected chi connectivity index (χ2v) is 21.0. The van der Waals surface area contributed by atoms with Crippen LogP contribution in [-0.2, 0) is 18.7 Å². The zero-order valence-electron chi connectivity index (χ0n) is 32.6. The third kappa shape index (κ3) is 13.4. The number of cyclic esters (lactones) is 1. The van der Waals surface area contributed by atoms with Crippen LogP contribution in [0.4, 0.5) is 4.79 Å². The Morgan fingerprint density at radius 1 is 1.00 bits per heavy atom. The highest BCUT2D eigenvalue weighted by atomic mass is 28.4. The van der Waals surface area contributed by atoms with Crippen LogP contribution in [0, 0.1) is 41.4 Å². The van der Waals surface area contributed by atoms with E-state index in [2.05, 4.69) is 40.4 Å². The van der Waals surface area contributed by atoms with Gasteiger partial charge in [-0.3, -0.25) is 4.79 Å². The molecule has 0 aromatic carbocycles. The number of ether oxygens (including phenoxy) is 2. The quantitative estimate of drug-likeness (QED) is 0.0501. The molecule has 0 aromatic rings. The van der Waals surface area contributed by atoms with Gasteiger partial charge in [-0.2, -0.15) is 0 Å². The normalized spacial score (nSPS) is 26.7. The Morgan fingerprint density at radius 2 is 1.59 bits per heavy atom. The summed E-state index contributed by atoms with van der Waals surface area (Å²) in [5.41, 5.74) is 6.35. The molecule has 49 heavy (non-hydrogen) atoms. The van der Waals surface area contributed by atoms with Crippen LogP contribution in [0.15, 0.2) is 48.6 Å². The Morgan fingerprint density at radius 3 is 2.12 bits per heavy atom. The lowest BCUT2D eigenvalue weighted by Crippen LogP contribution is -2.54. The predicted molar refractivity (Wildman–Crippen MR) is 200 cm³/mol. The Labute approximate surface area is 298 Å².